The van der Waals surface area contributed by atoms with E-state index in [1.54, 1.807) is 51.6 Å². The molecule has 0 radical (unpaired) electrons. The first-order chi connectivity index (χ1) is 15.3. The van der Waals surface area contributed by atoms with Crippen LogP contribution < -0.4 is 15.0 Å². The maximum atomic E-state index is 14.3. The van der Waals surface area contributed by atoms with Crippen molar-refractivity contribution in [2.45, 2.75) is 6.92 Å². The van der Waals surface area contributed by atoms with Crippen molar-refractivity contribution < 1.29 is 18.1 Å². The minimum Gasteiger partial charge on any atom is -0.593 e. The molecule has 0 amide bonds. The minimum atomic E-state index is -1.29. The van der Waals surface area contributed by atoms with Crippen LogP contribution in [0.2, 0.25) is 0 Å². The second-order valence-electron chi connectivity index (χ2n) is 7.15. The number of halogens is 2. The summed E-state index contributed by atoms with van der Waals surface area (Å²) in [5.74, 6) is -1.05. The van der Waals surface area contributed by atoms with Gasteiger partial charge in [-0.05, 0) is 37.3 Å². The Kier molecular flexibility index (Phi) is 5.90. The molecule has 0 saturated heterocycles. The second kappa shape index (κ2) is 8.64. The van der Waals surface area contributed by atoms with Gasteiger partial charge in [-0.25, -0.2) is 13.5 Å². The molecule has 1 N–H and O–H groups in total. The molecule has 1 unspecified atom stereocenters. The number of nitrogens with zero attached hydrogens (tertiary/aromatic N) is 3. The smallest absolute Gasteiger partial charge is 0.278 e. The Balaban J connectivity index is 1.92. The highest BCUT2D eigenvalue weighted by molar-refractivity contribution is 7.92. The standard InChI is InChI=1S/C22H20F2N4O3S/c1-4-32(30)26-14-6-8-19(31-20-7-5-13(23)9-18(20)24)15(10-14)16-11-27(2)22(29)21-17(16)12-28(3)25-21/h5-12,26H,4H2,1-3H3. The van der Waals surface area contributed by atoms with Gasteiger partial charge < -0.3 is 13.9 Å². The summed E-state index contributed by atoms with van der Waals surface area (Å²) in [6.45, 7) is 1.78. The Morgan fingerprint density at radius 3 is 2.56 bits per heavy atom. The Bertz CT molecular complexity index is 1370. The topological polar surface area (TPSA) is 84.1 Å². The molecule has 2 aromatic heterocycles. The third-order valence-electron chi connectivity index (χ3n) is 4.84. The van der Waals surface area contributed by atoms with Crippen LogP contribution in [0.25, 0.3) is 22.0 Å². The van der Waals surface area contributed by atoms with Crippen LogP contribution in [0.3, 0.4) is 0 Å². The second-order valence-corrected chi connectivity index (χ2v) is 8.62. The van der Waals surface area contributed by atoms with E-state index in [4.69, 9.17) is 4.74 Å². The predicted octanol–water partition coefficient (Wildman–Crippen LogP) is 4.11. The van der Waals surface area contributed by atoms with Crippen LogP contribution in [0, 0.1) is 11.6 Å². The fraction of sp³-hybridized carbons (Fsp3) is 0.182. The van der Waals surface area contributed by atoms with E-state index in [-0.39, 0.29) is 22.6 Å². The molecule has 0 spiro atoms. The van der Waals surface area contributed by atoms with E-state index in [1.165, 1.54) is 15.3 Å². The molecule has 0 fully saturated rings. The van der Waals surface area contributed by atoms with Gasteiger partial charge in [0.15, 0.2) is 17.1 Å². The van der Waals surface area contributed by atoms with Gasteiger partial charge in [-0.3, -0.25) is 9.48 Å². The molecule has 4 aromatic rings. The van der Waals surface area contributed by atoms with Crippen molar-refractivity contribution in [3.05, 3.63) is 70.8 Å². The van der Waals surface area contributed by atoms with E-state index < -0.39 is 23.0 Å². The third kappa shape index (κ3) is 4.19. The molecule has 32 heavy (non-hydrogen) atoms. The molecule has 0 saturated carbocycles. The van der Waals surface area contributed by atoms with Gasteiger partial charge >= 0.3 is 0 Å². The number of anilines is 1. The quantitative estimate of drug-likeness (QED) is 0.440. The highest BCUT2D eigenvalue weighted by Gasteiger charge is 2.19. The number of hydrogen-bond donors (Lipinski definition) is 1. The maximum absolute atomic E-state index is 14.3. The summed E-state index contributed by atoms with van der Waals surface area (Å²) in [5.41, 5.74) is 1.68. The van der Waals surface area contributed by atoms with Gasteiger partial charge in [0, 0.05) is 49.1 Å². The molecule has 4 rings (SSSR count). The summed E-state index contributed by atoms with van der Waals surface area (Å²) >= 11 is -1.29. The Morgan fingerprint density at radius 1 is 1.09 bits per heavy atom. The molecular weight excluding hydrogens is 438 g/mol. The van der Waals surface area contributed by atoms with Crippen molar-refractivity contribution in [1.82, 2.24) is 14.3 Å². The Hall–Kier alpha value is -3.37. The molecule has 7 nitrogen and oxygen atoms in total. The lowest BCUT2D eigenvalue weighted by atomic mass is 10.0. The van der Waals surface area contributed by atoms with E-state index in [9.17, 15) is 18.1 Å². The molecule has 0 aliphatic heterocycles. The normalized spacial score (nSPS) is 12.2. The van der Waals surface area contributed by atoms with E-state index in [1.807, 2.05) is 0 Å². The number of aromatic nitrogens is 3. The number of nitrogens with one attached hydrogen (secondary N) is 1. The Morgan fingerprint density at radius 2 is 1.84 bits per heavy atom. The number of hydrogen-bond acceptors (Lipinski definition) is 5. The molecule has 0 aliphatic rings. The average molecular weight is 458 g/mol. The van der Waals surface area contributed by atoms with E-state index in [2.05, 4.69) is 9.82 Å². The van der Waals surface area contributed by atoms with Gasteiger partial charge in [0.1, 0.15) is 17.3 Å². The highest BCUT2D eigenvalue weighted by atomic mass is 32.2. The SMILES string of the molecule is CC[S+]([O-])Nc1ccc(Oc2ccc(F)cc2F)c(-c2cn(C)c(=O)c3nn(C)cc23)c1. The van der Waals surface area contributed by atoms with Gasteiger partial charge in [-0.1, -0.05) is 0 Å². The van der Waals surface area contributed by atoms with Crippen LogP contribution in [0.1, 0.15) is 6.92 Å². The number of aryl methyl sites for hydroxylation is 2. The summed E-state index contributed by atoms with van der Waals surface area (Å²) in [6, 6.07) is 7.99. The summed E-state index contributed by atoms with van der Waals surface area (Å²) in [5, 5.41) is 4.84. The first-order valence-corrected chi connectivity index (χ1v) is 11.0. The summed E-state index contributed by atoms with van der Waals surface area (Å²) < 4.78 is 51.2. The van der Waals surface area contributed by atoms with Crippen LogP contribution in [0.5, 0.6) is 11.5 Å². The summed E-state index contributed by atoms with van der Waals surface area (Å²) in [7, 11) is 3.31. The fourth-order valence-corrected chi connectivity index (χ4v) is 3.85. The average Bonchev–Trinajstić information content (AvgIpc) is 3.15. The highest BCUT2D eigenvalue weighted by Crippen LogP contribution is 2.39. The van der Waals surface area contributed by atoms with Crippen molar-refractivity contribution >= 4 is 28.0 Å². The van der Waals surface area contributed by atoms with Crippen LogP contribution in [-0.4, -0.2) is 24.7 Å². The van der Waals surface area contributed by atoms with Crippen molar-refractivity contribution in [1.29, 1.82) is 0 Å². The van der Waals surface area contributed by atoms with Crippen molar-refractivity contribution in [2.24, 2.45) is 14.1 Å². The van der Waals surface area contributed by atoms with E-state index in [0.29, 0.717) is 28.0 Å². The van der Waals surface area contributed by atoms with Gasteiger partial charge in [0.05, 0.1) is 17.0 Å². The molecule has 10 heteroatoms. The lowest BCUT2D eigenvalue weighted by Gasteiger charge is -2.16. The number of benzene rings is 2. The van der Waals surface area contributed by atoms with E-state index >= 15 is 0 Å². The predicted molar refractivity (Wildman–Crippen MR) is 120 cm³/mol. The monoisotopic (exact) mass is 458 g/mol. The van der Waals surface area contributed by atoms with Crippen molar-refractivity contribution in [3.8, 4) is 22.6 Å². The zero-order chi connectivity index (χ0) is 23.0. The van der Waals surface area contributed by atoms with Crippen LogP contribution in [0.4, 0.5) is 14.5 Å². The van der Waals surface area contributed by atoms with Gasteiger partial charge in [-0.2, -0.15) is 5.10 Å². The molecular formula is C22H20F2N4O3S. The molecule has 2 aromatic carbocycles. The van der Waals surface area contributed by atoms with Gasteiger partial charge in [0.25, 0.3) is 5.56 Å². The molecule has 166 valence electrons. The number of pyridine rings is 1. The summed E-state index contributed by atoms with van der Waals surface area (Å²) in [6.07, 6.45) is 3.34. The zero-order valence-electron chi connectivity index (χ0n) is 17.6. The lowest BCUT2D eigenvalue weighted by Crippen LogP contribution is -2.17. The fourth-order valence-electron chi connectivity index (χ4n) is 3.32. The maximum Gasteiger partial charge on any atom is 0.278 e. The lowest BCUT2D eigenvalue weighted by molar-refractivity contribution is 0.439. The number of ether oxygens (including phenoxy) is 1. The van der Waals surface area contributed by atoms with Crippen molar-refractivity contribution in [2.75, 3.05) is 10.5 Å². The minimum absolute atomic E-state index is 0.155. The number of fused-ring (bicyclic) bond motifs is 1. The number of rotatable bonds is 6. The molecule has 2 heterocycles. The molecule has 1 atom stereocenters. The molecule has 0 aliphatic carbocycles. The summed E-state index contributed by atoms with van der Waals surface area (Å²) in [4.78, 5) is 12.5. The largest absolute Gasteiger partial charge is 0.593 e. The third-order valence-corrected chi connectivity index (χ3v) is 5.83. The van der Waals surface area contributed by atoms with Gasteiger partial charge in [0.2, 0.25) is 0 Å². The van der Waals surface area contributed by atoms with Crippen LogP contribution in [-0.2, 0) is 25.5 Å². The first-order valence-electron chi connectivity index (χ1n) is 9.72. The molecule has 0 bridgehead atoms. The van der Waals surface area contributed by atoms with Crippen LogP contribution in [0.15, 0.2) is 53.6 Å². The first kappa shape index (κ1) is 21.8. The van der Waals surface area contributed by atoms with E-state index in [0.717, 1.165) is 12.1 Å². The van der Waals surface area contributed by atoms with Gasteiger partial charge in [-0.15, -0.1) is 0 Å². The van der Waals surface area contributed by atoms with Crippen molar-refractivity contribution in [3.63, 3.8) is 0 Å². The van der Waals surface area contributed by atoms with Crippen LogP contribution >= 0.6 is 0 Å². The zero-order valence-corrected chi connectivity index (χ0v) is 18.4. The Labute approximate surface area is 185 Å².